The van der Waals surface area contributed by atoms with Crippen molar-refractivity contribution in [1.82, 2.24) is 14.8 Å². The number of rotatable bonds is 8. The van der Waals surface area contributed by atoms with Gasteiger partial charge < -0.3 is 9.30 Å². The van der Waals surface area contributed by atoms with Crippen molar-refractivity contribution in [1.29, 1.82) is 0 Å². The molecule has 0 fully saturated rings. The number of thioether (sulfide) groups is 1. The molecule has 1 heterocycles. The molecule has 3 rings (SSSR count). The number of halogens is 2. The molecule has 0 aliphatic rings. The van der Waals surface area contributed by atoms with Gasteiger partial charge in [0.2, 0.25) is 0 Å². The van der Waals surface area contributed by atoms with E-state index in [4.69, 9.17) is 16.3 Å². The molecule has 4 nitrogen and oxygen atoms in total. The Balaban J connectivity index is 1.67. The van der Waals surface area contributed by atoms with E-state index in [9.17, 15) is 4.39 Å². The van der Waals surface area contributed by atoms with Crippen LogP contribution in [-0.2, 0) is 12.8 Å². The maximum atomic E-state index is 13.2. The van der Waals surface area contributed by atoms with Crippen LogP contribution in [0.1, 0.15) is 25.3 Å². The average Bonchev–Trinajstić information content (AvgIpc) is 3.02. The van der Waals surface area contributed by atoms with Gasteiger partial charge in [-0.15, -0.1) is 10.2 Å². The van der Waals surface area contributed by atoms with E-state index in [0.717, 1.165) is 47.3 Å². The standard InChI is InChI=1S/C20H21ClFN3OS/c1-3-4-11-26-17-9-6-14(7-10-17)19-23-24-20(25(19)2)27-13-15-5-8-16(22)12-18(15)21/h5-10,12H,3-4,11,13H2,1-2H3. The zero-order valence-electron chi connectivity index (χ0n) is 15.3. The van der Waals surface area contributed by atoms with Crippen molar-refractivity contribution in [2.45, 2.75) is 30.7 Å². The van der Waals surface area contributed by atoms with Gasteiger partial charge >= 0.3 is 0 Å². The van der Waals surface area contributed by atoms with Crippen LogP contribution in [0.5, 0.6) is 5.75 Å². The highest BCUT2D eigenvalue weighted by atomic mass is 35.5. The molecule has 3 aromatic rings. The monoisotopic (exact) mass is 405 g/mol. The van der Waals surface area contributed by atoms with E-state index in [1.54, 1.807) is 6.07 Å². The lowest BCUT2D eigenvalue weighted by atomic mass is 10.2. The molecular formula is C20H21ClFN3OS. The van der Waals surface area contributed by atoms with Crippen LogP contribution < -0.4 is 4.74 Å². The van der Waals surface area contributed by atoms with Gasteiger partial charge in [-0.2, -0.15) is 0 Å². The fourth-order valence-corrected chi connectivity index (χ4v) is 3.74. The Labute approximate surface area is 167 Å². The molecule has 7 heteroatoms. The predicted octanol–water partition coefficient (Wildman–Crippen LogP) is 5.75. The summed E-state index contributed by atoms with van der Waals surface area (Å²) in [5.74, 6) is 1.89. The van der Waals surface area contributed by atoms with Gasteiger partial charge in [-0.05, 0) is 48.4 Å². The van der Waals surface area contributed by atoms with Crippen LogP contribution in [0, 0.1) is 5.82 Å². The summed E-state index contributed by atoms with van der Waals surface area (Å²) in [5, 5.41) is 9.76. The summed E-state index contributed by atoms with van der Waals surface area (Å²) in [6, 6.07) is 12.3. The lowest BCUT2D eigenvalue weighted by Gasteiger charge is -2.07. The molecule has 142 valence electrons. The van der Waals surface area contributed by atoms with E-state index < -0.39 is 0 Å². The number of benzene rings is 2. The van der Waals surface area contributed by atoms with Crippen LogP contribution in [0.25, 0.3) is 11.4 Å². The molecule has 0 amide bonds. The lowest BCUT2D eigenvalue weighted by molar-refractivity contribution is 0.309. The third-order valence-corrected chi connectivity index (χ3v) is 5.51. The second-order valence-electron chi connectivity index (χ2n) is 6.12. The van der Waals surface area contributed by atoms with Crippen molar-refractivity contribution in [2.24, 2.45) is 7.05 Å². The van der Waals surface area contributed by atoms with Gasteiger partial charge in [0.25, 0.3) is 0 Å². The Morgan fingerprint density at radius 3 is 2.63 bits per heavy atom. The number of nitrogens with zero attached hydrogens (tertiary/aromatic N) is 3. The fraction of sp³-hybridized carbons (Fsp3) is 0.300. The second kappa shape index (κ2) is 9.24. The zero-order chi connectivity index (χ0) is 19.2. The van der Waals surface area contributed by atoms with Crippen LogP contribution >= 0.6 is 23.4 Å². The average molecular weight is 406 g/mol. The van der Waals surface area contributed by atoms with Crippen molar-refractivity contribution in [3.8, 4) is 17.1 Å². The molecule has 0 bridgehead atoms. The maximum absolute atomic E-state index is 13.2. The maximum Gasteiger partial charge on any atom is 0.191 e. The SMILES string of the molecule is CCCCOc1ccc(-c2nnc(SCc3ccc(F)cc3Cl)n2C)cc1. The normalized spacial score (nSPS) is 11.0. The highest BCUT2D eigenvalue weighted by Crippen LogP contribution is 2.29. The Hall–Kier alpha value is -2.05. The molecule has 0 spiro atoms. The van der Waals surface area contributed by atoms with Crippen molar-refractivity contribution < 1.29 is 9.13 Å². The minimum absolute atomic E-state index is 0.336. The van der Waals surface area contributed by atoms with E-state index in [1.807, 2.05) is 35.9 Å². The Morgan fingerprint density at radius 2 is 1.93 bits per heavy atom. The summed E-state index contributed by atoms with van der Waals surface area (Å²) in [6.07, 6.45) is 2.16. The van der Waals surface area contributed by atoms with Gasteiger partial charge in [0.15, 0.2) is 11.0 Å². The Morgan fingerprint density at radius 1 is 1.15 bits per heavy atom. The molecule has 0 atom stereocenters. The van der Waals surface area contributed by atoms with E-state index in [2.05, 4.69) is 17.1 Å². The number of hydrogen-bond donors (Lipinski definition) is 0. The first kappa shape index (κ1) is 19.7. The minimum atomic E-state index is -0.336. The van der Waals surface area contributed by atoms with Gasteiger partial charge in [0.05, 0.1) is 6.61 Å². The van der Waals surface area contributed by atoms with E-state index in [0.29, 0.717) is 10.8 Å². The quantitative estimate of drug-likeness (QED) is 0.353. The summed E-state index contributed by atoms with van der Waals surface area (Å²) in [6.45, 7) is 2.87. The van der Waals surface area contributed by atoms with Crippen LogP contribution in [0.4, 0.5) is 4.39 Å². The van der Waals surface area contributed by atoms with Crippen LogP contribution in [0.3, 0.4) is 0 Å². The molecule has 0 aliphatic carbocycles. The van der Waals surface area contributed by atoms with Crippen LogP contribution in [0.2, 0.25) is 5.02 Å². The molecule has 0 N–H and O–H groups in total. The molecule has 1 aromatic heterocycles. The van der Waals surface area contributed by atoms with Crippen molar-refractivity contribution >= 4 is 23.4 Å². The first-order chi connectivity index (χ1) is 13.1. The molecule has 27 heavy (non-hydrogen) atoms. The number of unbranched alkanes of at least 4 members (excludes halogenated alkanes) is 1. The Bertz CT molecular complexity index is 899. The van der Waals surface area contributed by atoms with Gasteiger partial charge in [-0.3, -0.25) is 0 Å². The lowest BCUT2D eigenvalue weighted by Crippen LogP contribution is -1.97. The van der Waals surface area contributed by atoms with E-state index in [1.165, 1.54) is 23.9 Å². The summed E-state index contributed by atoms with van der Waals surface area (Å²) in [4.78, 5) is 0. The highest BCUT2D eigenvalue weighted by Gasteiger charge is 2.12. The third kappa shape index (κ3) is 5.02. The molecule has 0 radical (unpaired) electrons. The molecular weight excluding hydrogens is 385 g/mol. The highest BCUT2D eigenvalue weighted by molar-refractivity contribution is 7.98. The van der Waals surface area contributed by atoms with Gasteiger partial charge in [0.1, 0.15) is 11.6 Å². The summed E-state index contributed by atoms with van der Waals surface area (Å²) in [5.41, 5.74) is 1.83. The van der Waals surface area contributed by atoms with Gasteiger partial charge in [-0.1, -0.05) is 42.8 Å². The number of ether oxygens (including phenoxy) is 1. The third-order valence-electron chi connectivity index (χ3n) is 4.09. The first-order valence-corrected chi connectivity index (χ1v) is 10.1. The smallest absolute Gasteiger partial charge is 0.191 e. The predicted molar refractivity (Wildman–Crippen MR) is 108 cm³/mol. The topological polar surface area (TPSA) is 39.9 Å². The first-order valence-electron chi connectivity index (χ1n) is 8.78. The van der Waals surface area contributed by atoms with Crippen molar-refractivity contribution in [2.75, 3.05) is 6.61 Å². The number of hydrogen-bond acceptors (Lipinski definition) is 4. The fourth-order valence-electron chi connectivity index (χ4n) is 2.51. The second-order valence-corrected chi connectivity index (χ2v) is 7.47. The van der Waals surface area contributed by atoms with Gasteiger partial charge in [-0.25, -0.2) is 4.39 Å². The molecule has 2 aromatic carbocycles. The largest absolute Gasteiger partial charge is 0.494 e. The zero-order valence-corrected chi connectivity index (χ0v) is 16.9. The van der Waals surface area contributed by atoms with E-state index in [-0.39, 0.29) is 5.82 Å². The van der Waals surface area contributed by atoms with Gasteiger partial charge in [0, 0.05) is 23.4 Å². The van der Waals surface area contributed by atoms with Crippen molar-refractivity contribution in [3.05, 3.63) is 58.9 Å². The van der Waals surface area contributed by atoms with Crippen LogP contribution in [0.15, 0.2) is 47.6 Å². The van der Waals surface area contributed by atoms with E-state index >= 15 is 0 Å². The Kier molecular flexibility index (Phi) is 6.74. The summed E-state index contributed by atoms with van der Waals surface area (Å²) in [7, 11) is 1.93. The molecule has 0 saturated heterocycles. The molecule has 0 aliphatic heterocycles. The van der Waals surface area contributed by atoms with Crippen LogP contribution in [-0.4, -0.2) is 21.4 Å². The minimum Gasteiger partial charge on any atom is -0.494 e. The molecule has 0 unspecified atom stereocenters. The van der Waals surface area contributed by atoms with Crippen molar-refractivity contribution in [3.63, 3.8) is 0 Å². The number of aromatic nitrogens is 3. The summed E-state index contributed by atoms with van der Waals surface area (Å²) < 4.78 is 20.8. The molecule has 0 saturated carbocycles. The summed E-state index contributed by atoms with van der Waals surface area (Å²) >= 11 is 7.60.